The Balaban J connectivity index is 2.26. The lowest BCUT2D eigenvalue weighted by Gasteiger charge is -1.91. The first-order chi connectivity index (χ1) is 3.43. The van der Waals surface area contributed by atoms with Gasteiger partial charge in [0.05, 0.1) is 0 Å². The van der Waals surface area contributed by atoms with Crippen molar-refractivity contribution in [2.45, 2.75) is 5.37 Å². The zero-order chi connectivity index (χ0) is 5.11. The van der Waals surface area contributed by atoms with Crippen LogP contribution in [-0.2, 0) is 4.79 Å². The Kier molecular flexibility index (Phi) is 1.70. The van der Waals surface area contributed by atoms with Gasteiger partial charge in [-0.25, -0.2) is 0 Å². The van der Waals surface area contributed by atoms with Gasteiger partial charge >= 0.3 is 0 Å². The Morgan fingerprint density at radius 3 is 3.00 bits per heavy atom. The summed E-state index contributed by atoms with van der Waals surface area (Å²) in [6, 6.07) is 0. The SMILES string of the molecule is O=[C]C1NCCS1. The molecule has 0 aromatic heterocycles. The fraction of sp³-hybridized carbons (Fsp3) is 0.750. The number of carbonyl (C=O) groups excluding carboxylic acids is 1. The highest BCUT2D eigenvalue weighted by atomic mass is 32.2. The minimum atomic E-state index is -0.0417. The fourth-order valence-corrected chi connectivity index (χ4v) is 1.28. The number of hydrogen-bond donors (Lipinski definition) is 1. The molecule has 2 nitrogen and oxygen atoms in total. The van der Waals surface area contributed by atoms with Crippen molar-refractivity contribution in [2.75, 3.05) is 12.3 Å². The highest BCUT2D eigenvalue weighted by Crippen LogP contribution is 2.09. The van der Waals surface area contributed by atoms with E-state index >= 15 is 0 Å². The number of rotatable bonds is 1. The van der Waals surface area contributed by atoms with Crippen LogP contribution in [0.1, 0.15) is 0 Å². The second-order valence-corrected chi connectivity index (χ2v) is 2.54. The van der Waals surface area contributed by atoms with Crippen molar-refractivity contribution < 1.29 is 4.79 Å². The number of thioether (sulfide) groups is 1. The van der Waals surface area contributed by atoms with E-state index < -0.39 is 0 Å². The molecule has 1 rings (SSSR count). The zero-order valence-electron chi connectivity index (χ0n) is 3.81. The third-order valence-corrected chi connectivity index (χ3v) is 1.86. The molecule has 0 amide bonds. The molecule has 0 saturated carbocycles. The van der Waals surface area contributed by atoms with Gasteiger partial charge in [0, 0.05) is 12.3 Å². The van der Waals surface area contributed by atoms with E-state index in [1.165, 1.54) is 0 Å². The van der Waals surface area contributed by atoms with Gasteiger partial charge in [-0.1, -0.05) is 0 Å². The summed E-state index contributed by atoms with van der Waals surface area (Å²) in [6.45, 7) is 0.949. The molecule has 0 aromatic carbocycles. The van der Waals surface area contributed by atoms with E-state index in [1.807, 2.05) is 6.29 Å². The summed E-state index contributed by atoms with van der Waals surface area (Å²) < 4.78 is 0. The van der Waals surface area contributed by atoms with Crippen LogP contribution in [0.2, 0.25) is 0 Å². The van der Waals surface area contributed by atoms with Crippen LogP contribution in [-0.4, -0.2) is 24.0 Å². The largest absolute Gasteiger partial charge is 0.298 e. The Morgan fingerprint density at radius 1 is 1.86 bits per heavy atom. The van der Waals surface area contributed by atoms with Gasteiger partial charge in [-0.15, -0.1) is 11.8 Å². The molecule has 1 aliphatic rings. The molecule has 7 heavy (non-hydrogen) atoms. The lowest BCUT2D eigenvalue weighted by atomic mass is 10.6. The Hall–Kier alpha value is -0.0200. The lowest BCUT2D eigenvalue weighted by molar-refractivity contribution is 0.547. The highest BCUT2D eigenvalue weighted by molar-refractivity contribution is 8.00. The molecule has 1 N–H and O–H groups in total. The van der Waals surface area contributed by atoms with Crippen molar-refractivity contribution in [3.63, 3.8) is 0 Å². The molecule has 0 aromatic rings. The van der Waals surface area contributed by atoms with Gasteiger partial charge in [0.1, 0.15) is 5.37 Å². The molecule has 0 aliphatic carbocycles. The molecular weight excluding hydrogens is 110 g/mol. The molecular formula is C4H6NOS. The molecule has 1 unspecified atom stereocenters. The minimum Gasteiger partial charge on any atom is -0.298 e. The molecule has 1 heterocycles. The second-order valence-electron chi connectivity index (χ2n) is 1.32. The summed E-state index contributed by atoms with van der Waals surface area (Å²) in [5, 5.41) is 2.90. The third kappa shape index (κ3) is 1.17. The molecule has 1 atom stereocenters. The standard InChI is InChI=1S/C4H6NOS/c6-3-4-5-1-2-7-4/h4-5H,1-2H2. The van der Waals surface area contributed by atoms with E-state index in [0.29, 0.717) is 0 Å². The van der Waals surface area contributed by atoms with Gasteiger partial charge in [-0.05, 0) is 0 Å². The van der Waals surface area contributed by atoms with E-state index in [4.69, 9.17) is 0 Å². The average molecular weight is 116 g/mol. The summed E-state index contributed by atoms with van der Waals surface area (Å²) in [7, 11) is 0. The molecule has 1 fully saturated rings. The summed E-state index contributed by atoms with van der Waals surface area (Å²) in [4.78, 5) is 9.80. The molecule has 1 aliphatic heterocycles. The summed E-state index contributed by atoms with van der Waals surface area (Å²) in [5.41, 5.74) is 0. The summed E-state index contributed by atoms with van der Waals surface area (Å²) >= 11 is 1.61. The predicted octanol–water partition coefficient (Wildman–Crippen LogP) is -0.241. The third-order valence-electron chi connectivity index (χ3n) is 0.823. The van der Waals surface area contributed by atoms with Crippen molar-refractivity contribution in [1.82, 2.24) is 5.32 Å². The van der Waals surface area contributed by atoms with E-state index in [2.05, 4.69) is 5.32 Å². The van der Waals surface area contributed by atoms with E-state index in [-0.39, 0.29) is 5.37 Å². The van der Waals surface area contributed by atoms with Gasteiger partial charge in [-0.3, -0.25) is 10.1 Å². The number of hydrogen-bond acceptors (Lipinski definition) is 3. The number of nitrogens with one attached hydrogen (secondary N) is 1. The van der Waals surface area contributed by atoms with Gasteiger partial charge in [0.2, 0.25) is 6.29 Å². The molecule has 1 saturated heterocycles. The molecule has 0 bridgehead atoms. The first kappa shape index (κ1) is 5.12. The van der Waals surface area contributed by atoms with E-state index in [9.17, 15) is 4.79 Å². The highest BCUT2D eigenvalue weighted by Gasteiger charge is 2.12. The maximum Gasteiger partial charge on any atom is 0.228 e. The zero-order valence-corrected chi connectivity index (χ0v) is 4.62. The Morgan fingerprint density at radius 2 is 2.71 bits per heavy atom. The van der Waals surface area contributed by atoms with Crippen LogP contribution in [0.15, 0.2) is 0 Å². The lowest BCUT2D eigenvalue weighted by Crippen LogP contribution is -2.20. The second kappa shape index (κ2) is 2.33. The quantitative estimate of drug-likeness (QED) is 0.512. The normalized spacial score (nSPS) is 30.6. The monoisotopic (exact) mass is 116 g/mol. The maximum absolute atomic E-state index is 9.80. The fourth-order valence-electron chi connectivity index (χ4n) is 0.501. The van der Waals surface area contributed by atoms with Crippen molar-refractivity contribution >= 4 is 18.0 Å². The maximum atomic E-state index is 9.80. The van der Waals surface area contributed by atoms with Gasteiger partial charge in [0.15, 0.2) is 0 Å². The molecule has 39 valence electrons. The average Bonchev–Trinajstić information content (AvgIpc) is 2.14. The van der Waals surface area contributed by atoms with Crippen LogP contribution in [0.5, 0.6) is 0 Å². The van der Waals surface area contributed by atoms with Crippen molar-refractivity contribution in [3.8, 4) is 0 Å². The Labute approximate surface area is 46.7 Å². The molecule has 1 radical (unpaired) electrons. The van der Waals surface area contributed by atoms with Crippen molar-refractivity contribution in [1.29, 1.82) is 0 Å². The van der Waals surface area contributed by atoms with Crippen LogP contribution in [0.4, 0.5) is 0 Å². The molecule has 3 heteroatoms. The summed E-state index contributed by atoms with van der Waals surface area (Å²) in [6.07, 6.45) is 1.87. The summed E-state index contributed by atoms with van der Waals surface area (Å²) in [5.74, 6) is 1.04. The van der Waals surface area contributed by atoms with Gasteiger partial charge in [-0.2, -0.15) is 0 Å². The van der Waals surface area contributed by atoms with Crippen LogP contribution < -0.4 is 5.32 Å². The van der Waals surface area contributed by atoms with Crippen LogP contribution in [0, 0.1) is 0 Å². The van der Waals surface area contributed by atoms with Gasteiger partial charge in [0.25, 0.3) is 0 Å². The van der Waals surface area contributed by atoms with Crippen molar-refractivity contribution in [3.05, 3.63) is 0 Å². The smallest absolute Gasteiger partial charge is 0.228 e. The minimum absolute atomic E-state index is 0.0417. The van der Waals surface area contributed by atoms with E-state index in [1.54, 1.807) is 11.8 Å². The van der Waals surface area contributed by atoms with Crippen LogP contribution in [0.3, 0.4) is 0 Å². The predicted molar refractivity (Wildman–Crippen MR) is 29.9 cm³/mol. The first-order valence-corrected chi connectivity index (χ1v) is 3.21. The van der Waals surface area contributed by atoms with Crippen LogP contribution >= 0.6 is 11.8 Å². The van der Waals surface area contributed by atoms with Crippen LogP contribution in [0.25, 0.3) is 0 Å². The van der Waals surface area contributed by atoms with Crippen molar-refractivity contribution in [2.24, 2.45) is 0 Å². The first-order valence-electron chi connectivity index (χ1n) is 2.16. The van der Waals surface area contributed by atoms with E-state index in [0.717, 1.165) is 12.3 Å². The topological polar surface area (TPSA) is 29.1 Å². The van der Waals surface area contributed by atoms with Gasteiger partial charge < -0.3 is 0 Å². The Bertz CT molecular complexity index is 70.1. The molecule has 0 spiro atoms.